The van der Waals surface area contributed by atoms with Crippen LogP contribution in [0.1, 0.15) is 33.0 Å². The Balaban J connectivity index is 2.48. The number of nitrogens with zero attached hydrogens (tertiary/aromatic N) is 4. The van der Waals surface area contributed by atoms with Crippen molar-refractivity contribution < 1.29 is 0 Å². The minimum Gasteiger partial charge on any atom is -0.316 e. The molecule has 1 aromatic heterocycles. The van der Waals surface area contributed by atoms with E-state index in [1.54, 1.807) is 7.05 Å². The molecule has 0 fully saturated rings. The first-order chi connectivity index (χ1) is 6.93. The van der Waals surface area contributed by atoms with E-state index in [0.717, 1.165) is 18.7 Å². The van der Waals surface area contributed by atoms with Crippen molar-refractivity contribution in [3.05, 3.63) is 5.82 Å². The summed E-state index contributed by atoms with van der Waals surface area (Å²) < 4.78 is 0. The van der Waals surface area contributed by atoms with Gasteiger partial charge in [0.05, 0.1) is 7.05 Å². The van der Waals surface area contributed by atoms with E-state index < -0.39 is 0 Å². The first-order valence-corrected chi connectivity index (χ1v) is 5.33. The molecule has 15 heavy (non-hydrogen) atoms. The quantitative estimate of drug-likeness (QED) is 0.799. The third kappa shape index (κ3) is 3.58. The van der Waals surface area contributed by atoms with Crippen LogP contribution in [0.5, 0.6) is 0 Å². The van der Waals surface area contributed by atoms with Crippen LogP contribution in [0, 0.1) is 5.41 Å². The van der Waals surface area contributed by atoms with Gasteiger partial charge in [-0.05, 0) is 24.1 Å². The zero-order valence-corrected chi connectivity index (χ0v) is 10.3. The van der Waals surface area contributed by atoms with Gasteiger partial charge < -0.3 is 5.32 Å². The molecule has 1 heterocycles. The molecular formula is C10H21N5. The maximum absolute atomic E-state index is 4.17. The van der Waals surface area contributed by atoms with E-state index >= 15 is 0 Å². The number of rotatable bonds is 4. The van der Waals surface area contributed by atoms with Gasteiger partial charge in [0.2, 0.25) is 0 Å². The Morgan fingerprint density at radius 2 is 2.07 bits per heavy atom. The van der Waals surface area contributed by atoms with E-state index in [0.29, 0.717) is 6.04 Å². The molecule has 5 heteroatoms. The molecule has 1 aromatic rings. The van der Waals surface area contributed by atoms with Crippen LogP contribution < -0.4 is 5.32 Å². The second kappa shape index (κ2) is 4.70. The molecule has 0 aromatic carbocycles. The predicted octanol–water partition coefficient (Wildman–Crippen LogP) is 0.777. The molecule has 1 unspecified atom stereocenters. The zero-order valence-electron chi connectivity index (χ0n) is 10.3. The maximum atomic E-state index is 4.17. The summed E-state index contributed by atoms with van der Waals surface area (Å²) in [5.74, 6) is 0.821. The molecule has 1 rings (SSSR count). The number of tetrazole rings is 1. The van der Waals surface area contributed by atoms with Crippen molar-refractivity contribution in [2.24, 2.45) is 12.5 Å². The smallest absolute Gasteiger partial charge is 0.174 e. The van der Waals surface area contributed by atoms with Crippen molar-refractivity contribution in [3.8, 4) is 0 Å². The Labute approximate surface area is 91.2 Å². The molecule has 0 aliphatic heterocycles. The Bertz CT molecular complexity index is 299. The topological polar surface area (TPSA) is 55.6 Å². The molecule has 1 atom stereocenters. The molecule has 86 valence electrons. The highest BCUT2D eigenvalue weighted by Gasteiger charge is 2.22. The Morgan fingerprint density at radius 1 is 1.40 bits per heavy atom. The third-order valence-corrected chi connectivity index (χ3v) is 2.60. The summed E-state index contributed by atoms with van der Waals surface area (Å²) >= 11 is 0. The van der Waals surface area contributed by atoms with Gasteiger partial charge in [-0.25, -0.2) is 0 Å². The minimum absolute atomic E-state index is 0.261. The van der Waals surface area contributed by atoms with Gasteiger partial charge in [0, 0.05) is 12.5 Å². The fourth-order valence-electron chi connectivity index (χ4n) is 1.71. The Hall–Kier alpha value is -0.970. The van der Waals surface area contributed by atoms with Crippen LogP contribution in [-0.2, 0) is 13.5 Å². The van der Waals surface area contributed by atoms with Gasteiger partial charge in [0.25, 0.3) is 0 Å². The van der Waals surface area contributed by atoms with E-state index in [-0.39, 0.29) is 5.41 Å². The van der Waals surface area contributed by atoms with Crippen molar-refractivity contribution in [2.75, 3.05) is 7.05 Å². The van der Waals surface area contributed by atoms with Crippen molar-refractivity contribution in [1.82, 2.24) is 25.5 Å². The van der Waals surface area contributed by atoms with Gasteiger partial charge in [-0.1, -0.05) is 20.8 Å². The van der Waals surface area contributed by atoms with Gasteiger partial charge in [-0.2, -0.15) is 4.80 Å². The van der Waals surface area contributed by atoms with E-state index in [1.807, 2.05) is 7.05 Å². The van der Waals surface area contributed by atoms with Crippen LogP contribution in [0.4, 0.5) is 0 Å². The van der Waals surface area contributed by atoms with Crippen LogP contribution >= 0.6 is 0 Å². The summed E-state index contributed by atoms with van der Waals surface area (Å²) in [6, 6.07) is 0.473. The SMILES string of the molecule is CNC(CCc1nnn(C)n1)C(C)(C)C. The van der Waals surface area contributed by atoms with Gasteiger partial charge in [-0.3, -0.25) is 0 Å². The average Bonchev–Trinajstić information content (AvgIpc) is 2.50. The standard InChI is InChI=1S/C10H21N5/c1-10(2,3)8(11-4)6-7-9-12-14-15(5)13-9/h8,11H,6-7H2,1-5H3. The van der Waals surface area contributed by atoms with Crippen molar-refractivity contribution >= 4 is 0 Å². The third-order valence-electron chi connectivity index (χ3n) is 2.60. The Kier molecular flexibility index (Phi) is 3.79. The number of hydrogen-bond acceptors (Lipinski definition) is 4. The van der Waals surface area contributed by atoms with Gasteiger partial charge in [-0.15, -0.1) is 10.2 Å². The van der Waals surface area contributed by atoms with Crippen molar-refractivity contribution in [1.29, 1.82) is 0 Å². The lowest BCUT2D eigenvalue weighted by Crippen LogP contribution is -2.38. The fraction of sp³-hybridized carbons (Fsp3) is 0.900. The molecule has 0 radical (unpaired) electrons. The average molecular weight is 211 g/mol. The van der Waals surface area contributed by atoms with Crippen LogP contribution in [0.25, 0.3) is 0 Å². The van der Waals surface area contributed by atoms with Crippen LogP contribution in [0.15, 0.2) is 0 Å². The normalized spacial score (nSPS) is 14.2. The van der Waals surface area contributed by atoms with E-state index in [4.69, 9.17) is 0 Å². The molecule has 0 saturated carbocycles. The molecule has 0 saturated heterocycles. The van der Waals surface area contributed by atoms with Crippen molar-refractivity contribution in [3.63, 3.8) is 0 Å². The summed E-state index contributed by atoms with van der Waals surface area (Å²) in [6.45, 7) is 6.70. The lowest BCUT2D eigenvalue weighted by molar-refractivity contribution is 0.267. The van der Waals surface area contributed by atoms with Gasteiger partial charge in [0.15, 0.2) is 5.82 Å². The van der Waals surface area contributed by atoms with Gasteiger partial charge in [0.1, 0.15) is 0 Å². The monoisotopic (exact) mass is 211 g/mol. The molecule has 0 aliphatic carbocycles. The lowest BCUT2D eigenvalue weighted by Gasteiger charge is -2.30. The first kappa shape index (κ1) is 12.1. The summed E-state index contributed by atoms with van der Waals surface area (Å²) in [5.41, 5.74) is 0.261. The number of aryl methyl sites for hydroxylation is 2. The molecular weight excluding hydrogens is 190 g/mol. The number of hydrogen-bond donors (Lipinski definition) is 1. The highest BCUT2D eigenvalue weighted by atomic mass is 15.6. The van der Waals surface area contributed by atoms with Crippen LogP contribution in [-0.4, -0.2) is 33.3 Å². The van der Waals surface area contributed by atoms with Gasteiger partial charge >= 0.3 is 0 Å². The number of aromatic nitrogens is 4. The lowest BCUT2D eigenvalue weighted by atomic mass is 9.84. The molecule has 0 amide bonds. The predicted molar refractivity (Wildman–Crippen MR) is 59.4 cm³/mol. The van der Waals surface area contributed by atoms with Crippen LogP contribution in [0.2, 0.25) is 0 Å². The highest BCUT2D eigenvalue weighted by Crippen LogP contribution is 2.22. The summed E-state index contributed by atoms with van der Waals surface area (Å²) in [6.07, 6.45) is 1.91. The Morgan fingerprint density at radius 3 is 2.47 bits per heavy atom. The molecule has 5 nitrogen and oxygen atoms in total. The van der Waals surface area contributed by atoms with Crippen LogP contribution in [0.3, 0.4) is 0 Å². The zero-order chi connectivity index (χ0) is 11.5. The number of nitrogens with one attached hydrogen (secondary N) is 1. The summed E-state index contributed by atoms with van der Waals surface area (Å²) in [7, 11) is 3.79. The van der Waals surface area contributed by atoms with E-state index in [1.165, 1.54) is 4.80 Å². The second-order valence-corrected chi connectivity index (χ2v) is 4.94. The van der Waals surface area contributed by atoms with E-state index in [2.05, 4.69) is 41.5 Å². The van der Waals surface area contributed by atoms with Crippen molar-refractivity contribution in [2.45, 2.75) is 39.7 Å². The van der Waals surface area contributed by atoms with E-state index in [9.17, 15) is 0 Å². The second-order valence-electron chi connectivity index (χ2n) is 4.94. The maximum Gasteiger partial charge on any atom is 0.174 e. The molecule has 0 spiro atoms. The first-order valence-electron chi connectivity index (χ1n) is 5.33. The summed E-state index contributed by atoms with van der Waals surface area (Å²) in [5, 5.41) is 15.3. The minimum atomic E-state index is 0.261. The fourth-order valence-corrected chi connectivity index (χ4v) is 1.71. The largest absolute Gasteiger partial charge is 0.316 e. The highest BCUT2D eigenvalue weighted by molar-refractivity contribution is 4.85. The molecule has 0 aliphatic rings. The summed E-state index contributed by atoms with van der Waals surface area (Å²) in [4.78, 5) is 1.50. The molecule has 0 bridgehead atoms. The molecule has 1 N–H and O–H groups in total.